The lowest BCUT2D eigenvalue weighted by atomic mass is 9.92. The second-order valence-electron chi connectivity index (χ2n) is 10.6. The minimum absolute atomic E-state index is 0.0854. The first-order valence-corrected chi connectivity index (χ1v) is 14.2. The number of hydrogen-bond donors (Lipinski definition) is 3. The quantitative estimate of drug-likeness (QED) is 0.181. The zero-order valence-electron chi connectivity index (χ0n) is 21.8. The average molecular weight is 499 g/mol. The molecular formula is C26H47N2O5P. The van der Waals surface area contributed by atoms with Crippen LogP contribution in [0, 0.1) is 11.8 Å². The Kier molecular flexibility index (Phi) is 13.6. The van der Waals surface area contributed by atoms with E-state index in [0.29, 0.717) is 11.8 Å². The van der Waals surface area contributed by atoms with E-state index in [1.807, 2.05) is 0 Å². The number of hydrogen-bond acceptors (Lipinski definition) is 3. The van der Waals surface area contributed by atoms with Crippen LogP contribution in [0.4, 0.5) is 0 Å². The molecule has 2 aliphatic rings. The summed E-state index contributed by atoms with van der Waals surface area (Å²) in [5.41, 5.74) is 2.87. The Morgan fingerprint density at radius 2 is 1.82 bits per heavy atom. The Labute approximate surface area is 206 Å². The van der Waals surface area contributed by atoms with Gasteiger partial charge in [-0.3, -0.25) is 9.36 Å². The van der Waals surface area contributed by atoms with Gasteiger partial charge in [0.1, 0.15) is 0 Å². The highest BCUT2D eigenvalue weighted by Gasteiger charge is 2.46. The molecule has 2 aliphatic heterocycles. The van der Waals surface area contributed by atoms with Crippen LogP contribution in [0.5, 0.6) is 0 Å². The van der Waals surface area contributed by atoms with Gasteiger partial charge in [-0.15, -0.1) is 0 Å². The van der Waals surface area contributed by atoms with Crippen molar-refractivity contribution in [3.63, 3.8) is 0 Å². The molecule has 0 saturated carbocycles. The van der Waals surface area contributed by atoms with Crippen LogP contribution in [-0.4, -0.2) is 52.9 Å². The van der Waals surface area contributed by atoms with Gasteiger partial charge in [0.15, 0.2) is 0 Å². The fourth-order valence-corrected chi connectivity index (χ4v) is 5.14. The first kappa shape index (κ1) is 30.8. The van der Waals surface area contributed by atoms with Crippen molar-refractivity contribution >= 4 is 13.7 Å². The first-order chi connectivity index (χ1) is 15.8. The predicted molar refractivity (Wildman–Crippen MR) is 137 cm³/mol. The van der Waals surface area contributed by atoms with Crippen molar-refractivity contribution in [1.82, 2.24) is 5.32 Å². The van der Waals surface area contributed by atoms with Gasteiger partial charge in [0.25, 0.3) is 7.82 Å². The number of piperidine rings is 1. The molecule has 8 heteroatoms. The number of fused-ring (bicyclic) bond motifs is 1. The Balaban J connectivity index is 0.00000104. The lowest BCUT2D eigenvalue weighted by Crippen LogP contribution is -2.53. The number of carbonyl (C=O) groups is 1. The number of rotatable bonds is 10. The molecule has 0 aromatic heterocycles. The van der Waals surface area contributed by atoms with E-state index in [0.717, 1.165) is 38.3 Å². The molecule has 2 rings (SSSR count). The van der Waals surface area contributed by atoms with Crippen LogP contribution in [0.2, 0.25) is 0 Å². The van der Waals surface area contributed by atoms with Gasteiger partial charge in [0.05, 0.1) is 26.2 Å². The summed E-state index contributed by atoms with van der Waals surface area (Å²) in [6, 6.07) is 0.763. The van der Waals surface area contributed by atoms with E-state index < -0.39 is 7.82 Å². The van der Waals surface area contributed by atoms with E-state index in [1.54, 1.807) is 6.08 Å². The molecule has 1 unspecified atom stereocenters. The highest BCUT2D eigenvalue weighted by molar-refractivity contribution is 7.43. The summed E-state index contributed by atoms with van der Waals surface area (Å²) in [4.78, 5) is 35.2. The van der Waals surface area contributed by atoms with Gasteiger partial charge in [0, 0.05) is 25.3 Å². The summed E-state index contributed by atoms with van der Waals surface area (Å²) in [5.74, 6) is 1.18. The molecule has 3 N–H and O–H groups in total. The highest BCUT2D eigenvalue weighted by atomic mass is 31.2. The summed E-state index contributed by atoms with van der Waals surface area (Å²) < 4.78 is 10.0. The van der Waals surface area contributed by atoms with E-state index in [9.17, 15) is 4.79 Å². The molecule has 1 amide bonds. The van der Waals surface area contributed by atoms with Crippen LogP contribution in [0.25, 0.3) is 0 Å². The fourth-order valence-electron chi connectivity index (χ4n) is 5.14. The van der Waals surface area contributed by atoms with Crippen LogP contribution >= 0.6 is 7.82 Å². The topological polar surface area (TPSA) is 110 Å². The predicted octanol–water partition coefficient (Wildman–Crippen LogP) is 4.23. The van der Waals surface area contributed by atoms with E-state index in [2.05, 4.69) is 58.3 Å². The monoisotopic (exact) mass is 498 g/mol. The van der Waals surface area contributed by atoms with Gasteiger partial charge in [-0.25, -0.2) is 0 Å². The van der Waals surface area contributed by atoms with Crippen LogP contribution in [0.3, 0.4) is 0 Å². The third kappa shape index (κ3) is 13.6. The maximum Gasteiger partial charge on any atom is 0.262 e. The third-order valence-corrected chi connectivity index (χ3v) is 7.10. The van der Waals surface area contributed by atoms with Gasteiger partial charge < -0.3 is 24.5 Å². The normalized spacial score (nSPS) is 25.8. The molecule has 34 heavy (non-hydrogen) atoms. The van der Waals surface area contributed by atoms with Crippen LogP contribution in [-0.2, 0) is 9.36 Å². The SMILES string of the molecule is CC(C)=CCC/C(C)=C/CCC(C)/C=C/C(=O)NC[C@@H]1CC[N@+]2(C)CCCC[C@H]12.O=P([O-])(O)O. The fraction of sp³-hybridized carbons (Fsp3) is 0.731. The Morgan fingerprint density at radius 3 is 2.47 bits per heavy atom. The van der Waals surface area contributed by atoms with Crippen LogP contribution in [0.15, 0.2) is 35.5 Å². The van der Waals surface area contributed by atoms with E-state index in [1.165, 1.54) is 54.4 Å². The zero-order chi connectivity index (χ0) is 25.8. The van der Waals surface area contributed by atoms with Gasteiger partial charge in [0.2, 0.25) is 5.91 Å². The lowest BCUT2D eigenvalue weighted by Gasteiger charge is -2.41. The maximum atomic E-state index is 12.3. The van der Waals surface area contributed by atoms with Crippen molar-refractivity contribution in [2.24, 2.45) is 11.8 Å². The number of nitrogens with one attached hydrogen (secondary N) is 1. The van der Waals surface area contributed by atoms with Crippen LogP contribution < -0.4 is 10.2 Å². The van der Waals surface area contributed by atoms with Gasteiger partial charge in [-0.05, 0) is 71.3 Å². The largest absolute Gasteiger partial charge is 0.756 e. The second kappa shape index (κ2) is 15.0. The standard InChI is InChI=1S/C26H44N2O.H3O4P/c1-21(2)10-8-11-22(3)12-9-13-23(4)15-16-26(29)27-20-24-17-19-28(5)18-7-6-14-25(24)28;1-5(2,3)4/h10,12,15-16,23-25H,6-9,11,13-14,17-20H2,1-5H3;(H3,1,2,3,4)/b16-15+,22-12+;/t23?,24-,25+,28-;/m0./s1. The Hall–Kier alpha value is -1.24. The molecular weight excluding hydrogens is 451 g/mol. The van der Waals surface area contributed by atoms with Crippen molar-refractivity contribution < 1.29 is 28.5 Å². The molecule has 2 heterocycles. The minimum Gasteiger partial charge on any atom is -0.756 e. The van der Waals surface area contributed by atoms with Crippen molar-refractivity contribution in [3.8, 4) is 0 Å². The summed E-state index contributed by atoms with van der Waals surface area (Å²) in [6.07, 6.45) is 18.3. The molecule has 0 bridgehead atoms. The highest BCUT2D eigenvalue weighted by Crippen LogP contribution is 2.36. The van der Waals surface area contributed by atoms with E-state index in [-0.39, 0.29) is 5.91 Å². The Bertz CT molecular complexity index is 761. The number of allylic oxidation sites excluding steroid dienone is 5. The first-order valence-electron chi connectivity index (χ1n) is 12.7. The van der Waals surface area contributed by atoms with Gasteiger partial charge >= 0.3 is 0 Å². The Morgan fingerprint density at radius 1 is 1.15 bits per heavy atom. The maximum absolute atomic E-state index is 12.3. The smallest absolute Gasteiger partial charge is 0.262 e. The number of nitrogens with zero attached hydrogens (tertiary/aromatic N) is 1. The molecule has 2 saturated heterocycles. The van der Waals surface area contributed by atoms with E-state index in [4.69, 9.17) is 19.2 Å². The molecule has 4 atom stereocenters. The van der Waals surface area contributed by atoms with Crippen molar-refractivity contribution in [2.45, 2.75) is 85.1 Å². The summed E-state index contributed by atoms with van der Waals surface area (Å²) in [7, 11) is -2.47. The third-order valence-electron chi connectivity index (χ3n) is 7.10. The molecule has 0 aromatic carbocycles. The molecule has 7 nitrogen and oxygen atoms in total. The molecule has 0 radical (unpaired) electrons. The number of carbonyl (C=O) groups excluding carboxylic acids is 1. The molecule has 196 valence electrons. The number of amides is 1. The molecule has 0 spiro atoms. The molecule has 2 fully saturated rings. The summed E-state index contributed by atoms with van der Waals surface area (Å²) >= 11 is 0. The van der Waals surface area contributed by atoms with Crippen molar-refractivity contribution in [2.75, 3.05) is 26.7 Å². The van der Waals surface area contributed by atoms with Crippen LogP contribution in [0.1, 0.15) is 79.1 Å². The summed E-state index contributed by atoms with van der Waals surface area (Å²) in [5, 5.41) is 3.18. The average Bonchev–Trinajstić information content (AvgIpc) is 3.05. The van der Waals surface area contributed by atoms with Crippen molar-refractivity contribution in [3.05, 3.63) is 35.5 Å². The second-order valence-corrected chi connectivity index (χ2v) is 11.5. The summed E-state index contributed by atoms with van der Waals surface area (Å²) in [6.45, 7) is 12.2. The van der Waals surface area contributed by atoms with E-state index >= 15 is 0 Å². The van der Waals surface area contributed by atoms with Gasteiger partial charge in [-0.2, -0.15) is 0 Å². The van der Waals surface area contributed by atoms with Gasteiger partial charge in [-0.1, -0.05) is 36.3 Å². The molecule has 0 aromatic rings. The lowest BCUT2D eigenvalue weighted by molar-refractivity contribution is -0.927. The number of phosphoric acid groups is 1. The number of quaternary nitrogens is 1. The molecule has 0 aliphatic carbocycles. The van der Waals surface area contributed by atoms with Crippen molar-refractivity contribution in [1.29, 1.82) is 0 Å². The zero-order valence-corrected chi connectivity index (χ0v) is 22.7. The minimum atomic E-state index is -4.89.